The lowest BCUT2D eigenvalue weighted by Gasteiger charge is -2.10. The van der Waals surface area contributed by atoms with Crippen molar-refractivity contribution in [2.24, 2.45) is 0 Å². The molecule has 0 aliphatic heterocycles. The molecule has 0 heterocycles. The lowest BCUT2D eigenvalue weighted by Crippen LogP contribution is -2.07. The summed E-state index contributed by atoms with van der Waals surface area (Å²) < 4.78 is 16.9. The first-order valence-corrected chi connectivity index (χ1v) is 7.19. The van der Waals surface area contributed by atoms with E-state index in [9.17, 15) is 0 Å². The van der Waals surface area contributed by atoms with E-state index in [4.69, 9.17) is 14.2 Å². The monoisotopic (exact) mass is 331 g/mol. The molecule has 0 aliphatic carbocycles. The normalized spacial score (nSPS) is 10.7. The van der Waals surface area contributed by atoms with Gasteiger partial charge in [-0.3, -0.25) is 0 Å². The van der Waals surface area contributed by atoms with Crippen molar-refractivity contribution in [2.75, 3.05) is 40.6 Å². The van der Waals surface area contributed by atoms with Crippen LogP contribution in [0, 0.1) is 0 Å². The third-order valence-corrected chi connectivity index (χ3v) is 3.12. The molecule has 0 spiro atoms. The molecular weight excluding hydrogens is 310 g/mol. The summed E-state index contributed by atoms with van der Waals surface area (Å²) in [6.07, 6.45) is 0.869. The molecule has 0 bridgehead atoms. The van der Waals surface area contributed by atoms with Crippen molar-refractivity contribution in [3.63, 3.8) is 0 Å². The fourth-order valence-electron chi connectivity index (χ4n) is 1.56. The average Bonchev–Trinajstić information content (AvgIpc) is 2.40. The summed E-state index contributed by atoms with van der Waals surface area (Å²) in [5.41, 5.74) is 1.23. The molecule has 5 heteroatoms. The fraction of sp³-hybridized carbons (Fsp3) is 0.571. The van der Waals surface area contributed by atoms with Gasteiger partial charge in [0.25, 0.3) is 0 Å². The van der Waals surface area contributed by atoms with Crippen LogP contribution in [0.4, 0.5) is 0 Å². The molecule has 0 saturated carbocycles. The maximum absolute atomic E-state index is 5.70. The van der Waals surface area contributed by atoms with Crippen LogP contribution in [0.2, 0.25) is 0 Å². The maximum atomic E-state index is 5.70. The summed E-state index contributed by atoms with van der Waals surface area (Å²) in [5.74, 6) is 0.872. The van der Waals surface area contributed by atoms with Gasteiger partial charge in [-0.05, 0) is 40.7 Å². The van der Waals surface area contributed by atoms with E-state index >= 15 is 0 Å². The highest BCUT2D eigenvalue weighted by atomic mass is 79.9. The zero-order chi connectivity index (χ0) is 13.9. The van der Waals surface area contributed by atoms with E-state index in [2.05, 4.69) is 33.4 Å². The number of benzene rings is 1. The number of hydrogen-bond acceptors (Lipinski definition) is 4. The summed E-state index contributed by atoms with van der Waals surface area (Å²) in [6.45, 7) is 3.47. The summed E-state index contributed by atoms with van der Waals surface area (Å²) in [6, 6.07) is 6.12. The predicted octanol–water partition coefficient (Wildman–Crippen LogP) is 2.60. The number of hydrogen-bond donors (Lipinski definition) is 1. The number of methoxy groups -OCH3 is 1. The highest BCUT2D eigenvalue weighted by Gasteiger charge is 2.02. The van der Waals surface area contributed by atoms with E-state index < -0.39 is 0 Å². The largest absolute Gasteiger partial charge is 0.492 e. The van der Waals surface area contributed by atoms with Gasteiger partial charge in [0.05, 0.1) is 24.3 Å². The Morgan fingerprint density at radius 1 is 1.16 bits per heavy atom. The van der Waals surface area contributed by atoms with Crippen molar-refractivity contribution in [2.45, 2.75) is 13.0 Å². The Morgan fingerprint density at radius 2 is 2.00 bits per heavy atom. The van der Waals surface area contributed by atoms with E-state index in [1.54, 1.807) is 7.11 Å². The standard InChI is InChI=1S/C14H22BrNO3/c1-16-11-12-4-5-14(13(15)10-12)19-7-3-6-18-9-8-17-2/h4-5,10,16H,3,6-9,11H2,1-2H3. The van der Waals surface area contributed by atoms with Crippen molar-refractivity contribution in [3.05, 3.63) is 28.2 Å². The third kappa shape index (κ3) is 6.92. The van der Waals surface area contributed by atoms with Crippen molar-refractivity contribution in [3.8, 4) is 5.75 Å². The van der Waals surface area contributed by atoms with Gasteiger partial charge in [0.15, 0.2) is 0 Å². The quantitative estimate of drug-likeness (QED) is 0.669. The molecule has 0 aromatic heterocycles. The third-order valence-electron chi connectivity index (χ3n) is 2.50. The Morgan fingerprint density at radius 3 is 2.68 bits per heavy atom. The Labute approximate surface area is 123 Å². The molecule has 108 valence electrons. The summed E-state index contributed by atoms with van der Waals surface area (Å²) in [7, 11) is 3.60. The maximum Gasteiger partial charge on any atom is 0.133 e. The van der Waals surface area contributed by atoms with E-state index in [1.165, 1.54) is 5.56 Å². The molecule has 4 nitrogen and oxygen atoms in total. The van der Waals surface area contributed by atoms with Crippen LogP contribution in [0.1, 0.15) is 12.0 Å². The summed E-state index contributed by atoms with van der Waals surface area (Å²) in [4.78, 5) is 0. The van der Waals surface area contributed by atoms with Crippen LogP contribution in [0.25, 0.3) is 0 Å². The molecule has 1 aromatic rings. The molecule has 0 saturated heterocycles. The van der Waals surface area contributed by atoms with Crippen molar-refractivity contribution >= 4 is 15.9 Å². The summed E-state index contributed by atoms with van der Waals surface area (Å²) >= 11 is 3.52. The average molecular weight is 332 g/mol. The van der Waals surface area contributed by atoms with Gasteiger partial charge in [0.1, 0.15) is 5.75 Å². The number of rotatable bonds is 10. The summed E-state index contributed by atoms with van der Waals surface area (Å²) in [5, 5.41) is 3.12. The molecule has 0 amide bonds. The second kappa shape index (κ2) is 10.2. The lowest BCUT2D eigenvalue weighted by atomic mass is 10.2. The van der Waals surface area contributed by atoms with Gasteiger partial charge in [-0.1, -0.05) is 6.07 Å². The van der Waals surface area contributed by atoms with Gasteiger partial charge < -0.3 is 19.5 Å². The van der Waals surface area contributed by atoms with E-state index in [0.717, 1.165) is 23.2 Å². The van der Waals surface area contributed by atoms with E-state index in [-0.39, 0.29) is 0 Å². The lowest BCUT2D eigenvalue weighted by molar-refractivity contribution is 0.0644. The molecule has 1 N–H and O–H groups in total. The topological polar surface area (TPSA) is 39.7 Å². The first-order valence-electron chi connectivity index (χ1n) is 6.40. The molecule has 0 unspecified atom stereocenters. The van der Waals surface area contributed by atoms with Crippen LogP contribution in [-0.2, 0) is 16.0 Å². The van der Waals surface area contributed by atoms with Crippen LogP contribution < -0.4 is 10.1 Å². The molecule has 0 radical (unpaired) electrons. The van der Waals surface area contributed by atoms with Crippen LogP contribution in [0.3, 0.4) is 0 Å². The zero-order valence-corrected chi connectivity index (χ0v) is 13.2. The van der Waals surface area contributed by atoms with E-state index in [1.807, 2.05) is 13.1 Å². The Kier molecular flexibility index (Phi) is 8.82. The Balaban J connectivity index is 2.22. The second-order valence-corrected chi connectivity index (χ2v) is 4.96. The number of halogens is 1. The predicted molar refractivity (Wildman–Crippen MR) is 79.7 cm³/mol. The van der Waals surface area contributed by atoms with Gasteiger partial charge in [-0.15, -0.1) is 0 Å². The van der Waals surface area contributed by atoms with Crippen molar-refractivity contribution < 1.29 is 14.2 Å². The van der Waals surface area contributed by atoms with Gasteiger partial charge in [0.2, 0.25) is 0 Å². The Bertz CT molecular complexity index is 361. The van der Waals surface area contributed by atoms with Crippen LogP contribution in [-0.4, -0.2) is 40.6 Å². The van der Waals surface area contributed by atoms with E-state index in [0.29, 0.717) is 26.4 Å². The van der Waals surface area contributed by atoms with Gasteiger partial charge in [0, 0.05) is 26.7 Å². The highest BCUT2D eigenvalue weighted by molar-refractivity contribution is 9.10. The smallest absolute Gasteiger partial charge is 0.133 e. The molecule has 1 aromatic carbocycles. The highest BCUT2D eigenvalue weighted by Crippen LogP contribution is 2.26. The molecule has 1 rings (SSSR count). The molecule has 0 aliphatic rings. The second-order valence-electron chi connectivity index (χ2n) is 4.10. The first-order chi connectivity index (χ1) is 9.27. The number of ether oxygens (including phenoxy) is 3. The van der Waals surface area contributed by atoms with Crippen LogP contribution in [0.15, 0.2) is 22.7 Å². The Hall–Kier alpha value is -0.620. The molecular formula is C14H22BrNO3. The zero-order valence-electron chi connectivity index (χ0n) is 11.6. The van der Waals surface area contributed by atoms with Crippen LogP contribution >= 0.6 is 15.9 Å². The fourth-order valence-corrected chi connectivity index (χ4v) is 2.10. The SMILES string of the molecule is CNCc1ccc(OCCCOCCOC)c(Br)c1. The minimum Gasteiger partial charge on any atom is -0.492 e. The molecule has 19 heavy (non-hydrogen) atoms. The van der Waals surface area contributed by atoms with Gasteiger partial charge in [-0.25, -0.2) is 0 Å². The van der Waals surface area contributed by atoms with Crippen molar-refractivity contribution in [1.82, 2.24) is 5.32 Å². The minimum absolute atomic E-state index is 0.638. The minimum atomic E-state index is 0.638. The molecule has 0 atom stereocenters. The van der Waals surface area contributed by atoms with Crippen LogP contribution in [0.5, 0.6) is 5.75 Å². The van der Waals surface area contributed by atoms with Crippen molar-refractivity contribution in [1.29, 1.82) is 0 Å². The molecule has 0 fully saturated rings. The van der Waals surface area contributed by atoms with Gasteiger partial charge in [-0.2, -0.15) is 0 Å². The number of nitrogens with one attached hydrogen (secondary N) is 1. The van der Waals surface area contributed by atoms with Gasteiger partial charge >= 0.3 is 0 Å². The first kappa shape index (κ1) is 16.4.